The maximum Gasteiger partial charge on any atom is 0.419 e. The summed E-state index contributed by atoms with van der Waals surface area (Å²) in [7, 11) is 0. The summed E-state index contributed by atoms with van der Waals surface area (Å²) in [6.07, 6.45) is -4.53. The molecule has 2 N–H and O–H groups in total. The summed E-state index contributed by atoms with van der Waals surface area (Å²) in [5.41, 5.74) is 3.36. The SMILES string of the molecule is Cc1noc(C(=O)N2C(C(N)=O)CC3CC32[C@@H](c2cc(F)c(C(F)(F)F)cc2F)C2COC2)c1C. The van der Waals surface area contributed by atoms with Gasteiger partial charge in [0.1, 0.15) is 17.7 Å². The molecule has 3 aliphatic rings. The van der Waals surface area contributed by atoms with Crippen molar-refractivity contribution in [3.63, 3.8) is 0 Å². The summed E-state index contributed by atoms with van der Waals surface area (Å²) in [4.78, 5) is 27.3. The van der Waals surface area contributed by atoms with E-state index >= 15 is 4.39 Å². The predicted octanol–water partition coefficient (Wildman–Crippen LogP) is 3.48. The van der Waals surface area contributed by atoms with E-state index in [4.69, 9.17) is 15.0 Å². The number of fused-ring (bicyclic) bond motifs is 1. The molecular formula is C23H22F5N3O4. The van der Waals surface area contributed by atoms with Crippen LogP contribution in [-0.4, -0.2) is 46.7 Å². The van der Waals surface area contributed by atoms with Gasteiger partial charge >= 0.3 is 6.18 Å². The number of amides is 2. The number of halogens is 5. The molecule has 0 radical (unpaired) electrons. The molecule has 1 aliphatic carbocycles. The number of carbonyl (C=O) groups excluding carboxylic acids is 2. The molecule has 3 heterocycles. The molecule has 2 amide bonds. The number of likely N-dealkylation sites (tertiary alicyclic amines) is 1. The van der Waals surface area contributed by atoms with Gasteiger partial charge in [-0.1, -0.05) is 5.16 Å². The first kappa shape index (κ1) is 23.7. The van der Waals surface area contributed by atoms with E-state index in [0.717, 1.165) is 0 Å². The van der Waals surface area contributed by atoms with E-state index in [1.807, 2.05) is 0 Å². The van der Waals surface area contributed by atoms with Crippen molar-refractivity contribution in [3.05, 3.63) is 51.9 Å². The number of nitrogens with two attached hydrogens (primary N) is 1. The second kappa shape index (κ2) is 7.74. The van der Waals surface area contributed by atoms with Crippen molar-refractivity contribution in [1.29, 1.82) is 0 Å². The van der Waals surface area contributed by atoms with Gasteiger partial charge < -0.3 is 19.9 Å². The number of benzene rings is 1. The first-order chi connectivity index (χ1) is 16.4. The van der Waals surface area contributed by atoms with Crippen LogP contribution in [0.2, 0.25) is 0 Å². The second-order valence-corrected chi connectivity index (χ2v) is 9.57. The van der Waals surface area contributed by atoms with Gasteiger partial charge in [-0.05, 0) is 50.3 Å². The van der Waals surface area contributed by atoms with Crippen LogP contribution in [0.1, 0.15) is 51.7 Å². The third-order valence-corrected chi connectivity index (χ3v) is 7.69. The van der Waals surface area contributed by atoms with Gasteiger partial charge in [-0.2, -0.15) is 13.2 Å². The van der Waals surface area contributed by atoms with Gasteiger partial charge in [-0.15, -0.1) is 0 Å². The van der Waals surface area contributed by atoms with Crippen LogP contribution < -0.4 is 5.73 Å². The fraction of sp³-hybridized carbons (Fsp3) is 0.522. The van der Waals surface area contributed by atoms with Crippen molar-refractivity contribution < 1.29 is 40.8 Å². The van der Waals surface area contributed by atoms with Crippen molar-refractivity contribution in [2.24, 2.45) is 17.6 Å². The Hall–Kier alpha value is -3.02. The van der Waals surface area contributed by atoms with E-state index in [1.54, 1.807) is 13.8 Å². The Labute approximate surface area is 196 Å². The molecule has 2 aliphatic heterocycles. The van der Waals surface area contributed by atoms with Gasteiger partial charge in [0.15, 0.2) is 0 Å². The first-order valence-electron chi connectivity index (χ1n) is 11.1. The molecule has 1 saturated carbocycles. The Bertz CT molecular complexity index is 1220. The fourth-order valence-electron chi connectivity index (χ4n) is 5.81. The maximum atomic E-state index is 15.2. The molecule has 1 aromatic carbocycles. The van der Waals surface area contributed by atoms with Gasteiger partial charge in [-0.3, -0.25) is 9.59 Å². The van der Waals surface area contributed by atoms with Crippen LogP contribution in [0, 0.1) is 37.3 Å². The van der Waals surface area contributed by atoms with E-state index in [1.165, 1.54) is 4.90 Å². The highest BCUT2D eigenvalue weighted by Crippen LogP contribution is 2.67. The van der Waals surface area contributed by atoms with Gasteiger partial charge in [0.2, 0.25) is 11.7 Å². The van der Waals surface area contributed by atoms with Crippen molar-refractivity contribution in [2.75, 3.05) is 13.2 Å². The third kappa shape index (κ3) is 3.44. The van der Waals surface area contributed by atoms with Crippen molar-refractivity contribution in [1.82, 2.24) is 10.1 Å². The molecule has 2 saturated heterocycles. The zero-order valence-corrected chi connectivity index (χ0v) is 18.8. The van der Waals surface area contributed by atoms with Gasteiger partial charge in [0.05, 0.1) is 30.0 Å². The third-order valence-electron chi connectivity index (χ3n) is 7.69. The minimum atomic E-state index is -5.08. The van der Waals surface area contributed by atoms with Gasteiger partial charge in [0, 0.05) is 17.4 Å². The number of hydrogen-bond donors (Lipinski definition) is 1. The summed E-state index contributed by atoms with van der Waals surface area (Å²) in [5, 5.41) is 3.79. The molecule has 0 spiro atoms. The van der Waals surface area contributed by atoms with Crippen LogP contribution in [0.25, 0.3) is 0 Å². The van der Waals surface area contributed by atoms with E-state index < -0.39 is 58.6 Å². The smallest absolute Gasteiger partial charge is 0.381 e. The molecule has 1 aromatic heterocycles. The lowest BCUT2D eigenvalue weighted by Crippen LogP contribution is -2.55. The second-order valence-electron chi connectivity index (χ2n) is 9.57. The Morgan fingerprint density at radius 2 is 1.89 bits per heavy atom. The van der Waals surface area contributed by atoms with E-state index in [9.17, 15) is 27.2 Å². The van der Waals surface area contributed by atoms with Crippen LogP contribution in [-0.2, 0) is 15.7 Å². The highest BCUT2D eigenvalue weighted by atomic mass is 19.4. The van der Waals surface area contributed by atoms with E-state index in [-0.39, 0.29) is 42.9 Å². The summed E-state index contributed by atoms with van der Waals surface area (Å²) >= 11 is 0. The molecule has 5 rings (SSSR count). The van der Waals surface area contributed by atoms with Gasteiger partial charge in [0.25, 0.3) is 5.91 Å². The van der Waals surface area contributed by atoms with Crippen molar-refractivity contribution in [3.8, 4) is 0 Å². The number of carbonyl (C=O) groups is 2. The largest absolute Gasteiger partial charge is 0.419 e. The molecule has 3 unspecified atom stereocenters. The lowest BCUT2D eigenvalue weighted by molar-refractivity contribution is -0.140. The number of aryl methyl sites for hydroxylation is 1. The number of alkyl halides is 3. The lowest BCUT2D eigenvalue weighted by Gasteiger charge is -2.44. The van der Waals surface area contributed by atoms with E-state index in [0.29, 0.717) is 23.7 Å². The predicted molar refractivity (Wildman–Crippen MR) is 109 cm³/mol. The van der Waals surface area contributed by atoms with Crippen LogP contribution in [0.15, 0.2) is 16.7 Å². The van der Waals surface area contributed by atoms with Crippen LogP contribution >= 0.6 is 0 Å². The monoisotopic (exact) mass is 499 g/mol. The lowest BCUT2D eigenvalue weighted by atomic mass is 9.76. The number of nitrogens with zero attached hydrogens (tertiary/aromatic N) is 2. The maximum absolute atomic E-state index is 15.2. The minimum absolute atomic E-state index is 0.108. The zero-order chi connectivity index (χ0) is 25.4. The minimum Gasteiger partial charge on any atom is -0.381 e. The van der Waals surface area contributed by atoms with E-state index in [2.05, 4.69) is 5.16 Å². The summed E-state index contributed by atoms with van der Waals surface area (Å²) in [6.45, 7) is 3.54. The quantitative estimate of drug-likeness (QED) is 0.636. The number of rotatable bonds is 5. The van der Waals surface area contributed by atoms with Crippen molar-refractivity contribution >= 4 is 11.8 Å². The number of piperidine rings is 1. The number of aromatic nitrogens is 1. The first-order valence-corrected chi connectivity index (χ1v) is 11.1. The summed E-state index contributed by atoms with van der Waals surface area (Å²) in [5.74, 6) is -6.03. The fourth-order valence-corrected chi connectivity index (χ4v) is 5.81. The molecule has 4 atom stereocenters. The topological polar surface area (TPSA) is 98.7 Å². The molecule has 3 fully saturated rings. The average Bonchev–Trinajstić information content (AvgIpc) is 3.19. The molecule has 12 heteroatoms. The number of primary amides is 1. The molecule has 7 nitrogen and oxygen atoms in total. The Morgan fingerprint density at radius 1 is 1.20 bits per heavy atom. The normalized spacial score (nSPS) is 26.9. The highest BCUT2D eigenvalue weighted by molar-refractivity contribution is 5.98. The highest BCUT2D eigenvalue weighted by Gasteiger charge is 2.73. The van der Waals surface area contributed by atoms with Gasteiger partial charge in [-0.25, -0.2) is 8.78 Å². The molecular weight excluding hydrogens is 477 g/mol. The van der Waals surface area contributed by atoms with Crippen molar-refractivity contribution in [2.45, 2.75) is 50.4 Å². The molecule has 35 heavy (non-hydrogen) atoms. The molecule has 188 valence electrons. The Kier molecular flexibility index (Phi) is 5.24. The van der Waals surface area contributed by atoms with Crippen LogP contribution in [0.3, 0.4) is 0 Å². The molecule has 0 bridgehead atoms. The Morgan fingerprint density at radius 3 is 2.40 bits per heavy atom. The summed E-state index contributed by atoms with van der Waals surface area (Å²) < 4.78 is 79.8. The average molecular weight is 499 g/mol. The molecule has 2 aromatic rings. The Balaban J connectivity index is 1.65. The number of hydrogen-bond acceptors (Lipinski definition) is 5. The zero-order valence-electron chi connectivity index (χ0n) is 18.8. The summed E-state index contributed by atoms with van der Waals surface area (Å²) in [6, 6.07) is -0.353. The van der Waals surface area contributed by atoms with Crippen LogP contribution in [0.5, 0.6) is 0 Å². The van der Waals surface area contributed by atoms with Crippen LogP contribution in [0.4, 0.5) is 22.0 Å². The standard InChI is InChI=1S/C23H22F5N3O4/c1-9-10(2)30-35-19(9)21(33)31-17(20(29)32)3-12-6-22(12,31)18(11-7-34-8-11)13-4-16(25)14(5-15(13)24)23(26,27)28/h4-5,11-12,17-18H,3,6-8H2,1-2H3,(H2,29,32)/t12?,17?,18-,22?/m1/s1. The number of ether oxygens (including phenoxy) is 1.